The number of nitro groups is 1. The van der Waals surface area contributed by atoms with Crippen molar-refractivity contribution in [2.75, 3.05) is 26.2 Å². The predicted molar refractivity (Wildman–Crippen MR) is 111 cm³/mol. The van der Waals surface area contributed by atoms with Crippen LogP contribution in [0.5, 0.6) is 0 Å². The molecule has 1 aliphatic rings. The Labute approximate surface area is 176 Å². The molecule has 0 aliphatic carbocycles. The van der Waals surface area contributed by atoms with Crippen LogP contribution in [0.3, 0.4) is 0 Å². The van der Waals surface area contributed by atoms with Crippen LogP contribution in [0.1, 0.15) is 25.6 Å². The average molecular weight is 425 g/mol. The van der Waals surface area contributed by atoms with Crippen molar-refractivity contribution in [2.45, 2.75) is 6.54 Å². The lowest BCUT2D eigenvalue weighted by molar-refractivity contribution is -0.380. The van der Waals surface area contributed by atoms with E-state index in [1.807, 2.05) is 30.3 Å². The predicted octanol–water partition coefficient (Wildman–Crippen LogP) is 2.50. The molecule has 1 saturated heterocycles. The highest BCUT2D eigenvalue weighted by atomic mass is 32.1. The average Bonchev–Trinajstić information content (AvgIpc) is 3.44. The minimum atomic E-state index is -0.504. The summed E-state index contributed by atoms with van der Waals surface area (Å²) in [6.07, 6.45) is 3.30. The van der Waals surface area contributed by atoms with E-state index in [0.717, 1.165) is 16.9 Å². The number of rotatable bonds is 5. The van der Waals surface area contributed by atoms with Crippen molar-refractivity contribution in [2.24, 2.45) is 0 Å². The zero-order valence-corrected chi connectivity index (χ0v) is 16.8. The molecule has 154 valence electrons. The normalized spacial score (nSPS) is 14.0. The quantitative estimate of drug-likeness (QED) is 0.462. The van der Waals surface area contributed by atoms with Crippen molar-refractivity contribution < 1.29 is 14.5 Å². The summed E-state index contributed by atoms with van der Waals surface area (Å²) in [5.41, 5.74) is 1.61. The second-order valence-corrected chi connectivity index (χ2v) is 7.95. The number of hydrogen-bond acceptors (Lipinski definition) is 6. The lowest BCUT2D eigenvalue weighted by Gasteiger charge is -2.34. The highest BCUT2D eigenvalue weighted by molar-refractivity contribution is 7.17. The van der Waals surface area contributed by atoms with Crippen LogP contribution in [-0.2, 0) is 6.54 Å². The van der Waals surface area contributed by atoms with Crippen molar-refractivity contribution in [1.82, 2.24) is 19.6 Å². The van der Waals surface area contributed by atoms with Crippen molar-refractivity contribution in [1.29, 1.82) is 0 Å². The molecular formula is C20H19N5O4S. The Balaban J connectivity index is 1.34. The second-order valence-electron chi connectivity index (χ2n) is 6.89. The molecule has 2 amide bonds. The fraction of sp³-hybridized carbons (Fsp3) is 0.250. The third kappa shape index (κ3) is 4.23. The maximum atomic E-state index is 12.8. The van der Waals surface area contributed by atoms with E-state index in [1.54, 1.807) is 26.9 Å². The van der Waals surface area contributed by atoms with Gasteiger partial charge < -0.3 is 9.80 Å². The minimum absolute atomic E-state index is 0.0559. The Morgan fingerprint density at radius 1 is 1.00 bits per heavy atom. The number of carbonyl (C=O) groups excluding carboxylic acids is 2. The molecule has 0 unspecified atom stereocenters. The van der Waals surface area contributed by atoms with E-state index in [-0.39, 0.29) is 16.8 Å². The molecule has 2 aromatic heterocycles. The van der Waals surface area contributed by atoms with E-state index >= 15 is 0 Å². The molecule has 1 aliphatic heterocycles. The number of thiophene rings is 1. The van der Waals surface area contributed by atoms with Gasteiger partial charge in [0, 0.05) is 38.4 Å². The fourth-order valence-electron chi connectivity index (χ4n) is 3.32. The van der Waals surface area contributed by atoms with E-state index in [0.29, 0.717) is 43.2 Å². The fourth-order valence-corrected chi connectivity index (χ4v) is 4.11. The van der Waals surface area contributed by atoms with Gasteiger partial charge in [-0.25, -0.2) is 0 Å². The molecule has 0 bridgehead atoms. The highest BCUT2D eigenvalue weighted by Crippen LogP contribution is 2.25. The largest absolute Gasteiger partial charge is 0.335 e. The molecule has 30 heavy (non-hydrogen) atoms. The summed E-state index contributed by atoms with van der Waals surface area (Å²) in [5, 5.41) is 15.0. The first-order chi connectivity index (χ1) is 14.5. The molecule has 1 fully saturated rings. The number of nitrogens with zero attached hydrogens (tertiary/aromatic N) is 5. The van der Waals surface area contributed by atoms with Gasteiger partial charge in [0.05, 0.1) is 28.1 Å². The third-order valence-electron chi connectivity index (χ3n) is 4.90. The molecule has 3 heterocycles. The third-order valence-corrected chi connectivity index (χ3v) is 5.93. The Morgan fingerprint density at radius 3 is 2.30 bits per heavy atom. The minimum Gasteiger partial charge on any atom is -0.335 e. The first-order valence-electron chi connectivity index (χ1n) is 9.40. The van der Waals surface area contributed by atoms with Crippen LogP contribution in [0.4, 0.5) is 5.00 Å². The van der Waals surface area contributed by atoms with Crippen LogP contribution < -0.4 is 0 Å². The molecule has 0 spiro atoms. The smallest absolute Gasteiger partial charge is 0.324 e. The van der Waals surface area contributed by atoms with Crippen molar-refractivity contribution in [3.05, 3.63) is 81.0 Å². The maximum absolute atomic E-state index is 12.8. The van der Waals surface area contributed by atoms with Crippen LogP contribution in [0, 0.1) is 10.1 Å². The summed E-state index contributed by atoms with van der Waals surface area (Å²) in [4.78, 5) is 39.3. The van der Waals surface area contributed by atoms with Gasteiger partial charge in [-0.2, -0.15) is 5.10 Å². The lowest BCUT2D eigenvalue weighted by atomic mass is 10.2. The van der Waals surface area contributed by atoms with Gasteiger partial charge in [-0.15, -0.1) is 0 Å². The maximum Gasteiger partial charge on any atom is 0.324 e. The number of amides is 2. The van der Waals surface area contributed by atoms with Gasteiger partial charge in [0.15, 0.2) is 0 Å². The Morgan fingerprint density at radius 2 is 1.67 bits per heavy atom. The zero-order chi connectivity index (χ0) is 21.1. The van der Waals surface area contributed by atoms with Crippen LogP contribution >= 0.6 is 11.3 Å². The van der Waals surface area contributed by atoms with Crippen LogP contribution in [0.2, 0.25) is 0 Å². The number of aromatic nitrogens is 2. The summed E-state index contributed by atoms with van der Waals surface area (Å²) in [6, 6.07) is 12.7. The van der Waals surface area contributed by atoms with Gasteiger partial charge >= 0.3 is 5.00 Å². The van der Waals surface area contributed by atoms with Crippen LogP contribution in [0.15, 0.2) is 54.9 Å². The molecule has 0 saturated carbocycles. The van der Waals surface area contributed by atoms with Crippen molar-refractivity contribution >= 4 is 28.2 Å². The number of benzene rings is 1. The Kier molecular flexibility index (Phi) is 5.57. The summed E-state index contributed by atoms with van der Waals surface area (Å²) >= 11 is 0.868. The van der Waals surface area contributed by atoms with Crippen molar-refractivity contribution in [3.8, 4) is 0 Å². The standard InChI is InChI=1S/C20H19N5O4S/c26-19(16-12-21-24(14-16)13-15-4-2-1-3-5-15)22-8-10-23(11-9-22)20(27)17-6-7-18(30-17)25(28)29/h1-7,12,14H,8-11,13H2. The molecule has 4 rings (SSSR count). The van der Waals surface area contributed by atoms with Gasteiger partial charge in [-0.1, -0.05) is 41.7 Å². The molecule has 9 nitrogen and oxygen atoms in total. The Bertz CT molecular complexity index is 1070. The molecule has 0 N–H and O–H groups in total. The van der Waals surface area contributed by atoms with Gasteiger partial charge in [0.2, 0.25) is 0 Å². The topological polar surface area (TPSA) is 102 Å². The molecule has 0 radical (unpaired) electrons. The summed E-state index contributed by atoms with van der Waals surface area (Å²) < 4.78 is 1.73. The first kappa shape index (κ1) is 19.8. The summed E-state index contributed by atoms with van der Waals surface area (Å²) in [7, 11) is 0. The van der Waals surface area contributed by atoms with Crippen molar-refractivity contribution in [3.63, 3.8) is 0 Å². The van der Waals surface area contributed by atoms with Gasteiger partial charge in [-0.3, -0.25) is 24.4 Å². The van der Waals surface area contributed by atoms with E-state index < -0.39 is 4.92 Å². The molecule has 1 aromatic carbocycles. The monoisotopic (exact) mass is 425 g/mol. The molecular weight excluding hydrogens is 406 g/mol. The van der Waals surface area contributed by atoms with Crippen LogP contribution in [-0.4, -0.2) is 62.5 Å². The first-order valence-corrected chi connectivity index (χ1v) is 10.2. The molecule has 10 heteroatoms. The highest BCUT2D eigenvalue weighted by Gasteiger charge is 2.27. The SMILES string of the molecule is O=C(c1cnn(Cc2ccccc2)c1)N1CCN(C(=O)c2ccc([N+](=O)[O-])s2)CC1. The van der Waals surface area contributed by atoms with E-state index in [9.17, 15) is 19.7 Å². The zero-order valence-electron chi connectivity index (χ0n) is 16.0. The number of carbonyl (C=O) groups is 2. The van der Waals surface area contributed by atoms with Crippen LogP contribution in [0.25, 0.3) is 0 Å². The Hall–Kier alpha value is -3.53. The van der Waals surface area contributed by atoms with E-state index in [1.165, 1.54) is 12.1 Å². The number of hydrogen-bond donors (Lipinski definition) is 0. The van der Waals surface area contributed by atoms with E-state index in [4.69, 9.17) is 0 Å². The van der Waals surface area contributed by atoms with E-state index in [2.05, 4.69) is 5.10 Å². The molecule has 0 atom stereocenters. The summed E-state index contributed by atoms with van der Waals surface area (Å²) in [6.45, 7) is 2.16. The molecule has 3 aromatic rings. The van der Waals surface area contributed by atoms with Gasteiger partial charge in [0.1, 0.15) is 0 Å². The summed E-state index contributed by atoms with van der Waals surface area (Å²) in [5.74, 6) is -0.357. The second kappa shape index (κ2) is 8.46. The van der Waals surface area contributed by atoms with Gasteiger partial charge in [-0.05, 0) is 11.6 Å². The lowest BCUT2D eigenvalue weighted by Crippen LogP contribution is -2.50. The number of piperazine rings is 1. The van der Waals surface area contributed by atoms with Gasteiger partial charge in [0.25, 0.3) is 11.8 Å².